The van der Waals surface area contributed by atoms with Crippen molar-refractivity contribution in [3.05, 3.63) is 76.6 Å². The summed E-state index contributed by atoms with van der Waals surface area (Å²) >= 11 is 6.36. The first-order valence-corrected chi connectivity index (χ1v) is 12.9. The highest BCUT2D eigenvalue weighted by molar-refractivity contribution is 7.89. The minimum Gasteiger partial charge on any atom is -0.339 e. The second-order valence-corrected chi connectivity index (χ2v) is 10.5. The second-order valence-electron chi connectivity index (χ2n) is 8.29. The van der Waals surface area contributed by atoms with Gasteiger partial charge in [-0.05, 0) is 31.0 Å². The van der Waals surface area contributed by atoms with Crippen LogP contribution in [-0.4, -0.2) is 53.0 Å². The fourth-order valence-electron chi connectivity index (χ4n) is 4.27. The molecule has 2 heterocycles. The molecule has 182 valence electrons. The highest BCUT2D eigenvalue weighted by Gasteiger charge is 2.40. The number of aryl methyl sites for hydroxylation is 3. The van der Waals surface area contributed by atoms with Crippen molar-refractivity contribution in [3.63, 3.8) is 0 Å². The molecule has 9 nitrogen and oxygen atoms in total. The maximum Gasteiger partial charge on any atom is 0.248 e. The Hall–Kier alpha value is -3.39. The molecule has 1 aliphatic heterocycles. The van der Waals surface area contributed by atoms with Gasteiger partial charge in [0, 0.05) is 32.4 Å². The van der Waals surface area contributed by atoms with Crippen LogP contribution in [0.3, 0.4) is 0 Å². The maximum absolute atomic E-state index is 13.8. The molecule has 1 unspecified atom stereocenters. The zero-order valence-electron chi connectivity index (χ0n) is 19.7. The highest BCUT2D eigenvalue weighted by atomic mass is 35.5. The lowest BCUT2D eigenvalue weighted by Gasteiger charge is -2.41. The molecule has 0 bridgehead atoms. The molecular formula is C24H26ClN7O2S. The molecule has 4 rings (SSSR count). The van der Waals surface area contributed by atoms with Crippen molar-refractivity contribution in [1.82, 2.24) is 19.0 Å². The standard InChI is InChI=1S/C24H26ClN7O2S/c1-17-9-7-8-12-20(17)28-24(27-16-26)31-13-14-32(21(15-31)19-10-5-4-6-11-19)35(33,34)22-18(2)29-30(3)23(22)25/h4-12,21H,13-15H2,1-3H3,(H,27,28). The number of para-hydroxylation sites is 1. The number of benzene rings is 2. The Labute approximate surface area is 210 Å². The van der Waals surface area contributed by atoms with Gasteiger partial charge in [0.2, 0.25) is 22.2 Å². The van der Waals surface area contributed by atoms with Gasteiger partial charge in [0.05, 0.1) is 11.7 Å². The van der Waals surface area contributed by atoms with E-state index in [1.165, 1.54) is 8.99 Å². The van der Waals surface area contributed by atoms with Gasteiger partial charge in [-0.25, -0.2) is 8.42 Å². The Bertz CT molecular complexity index is 1400. The fourth-order valence-corrected chi connectivity index (χ4v) is 6.58. The number of piperazine rings is 1. The zero-order chi connectivity index (χ0) is 25.2. The van der Waals surface area contributed by atoms with E-state index < -0.39 is 16.1 Å². The number of nitriles is 1. The zero-order valence-corrected chi connectivity index (χ0v) is 21.3. The number of hydrogen-bond donors (Lipinski definition) is 1. The first kappa shape index (κ1) is 24.7. The predicted molar refractivity (Wildman–Crippen MR) is 135 cm³/mol. The lowest BCUT2D eigenvalue weighted by atomic mass is 10.0. The Morgan fingerprint density at radius 2 is 1.83 bits per heavy atom. The Morgan fingerprint density at radius 1 is 1.14 bits per heavy atom. The third kappa shape index (κ3) is 4.89. The van der Waals surface area contributed by atoms with Crippen molar-refractivity contribution in [2.24, 2.45) is 12.0 Å². The number of nitrogens with zero attached hydrogens (tertiary/aromatic N) is 6. The van der Waals surface area contributed by atoms with Gasteiger partial charge in [0.1, 0.15) is 10.0 Å². The Kier molecular flexibility index (Phi) is 7.12. The number of hydrogen-bond acceptors (Lipinski definition) is 5. The van der Waals surface area contributed by atoms with Crippen LogP contribution in [0.1, 0.15) is 22.9 Å². The molecule has 0 amide bonds. The number of aliphatic imine (C=N–C) groups is 1. The molecule has 2 aromatic carbocycles. The lowest BCUT2D eigenvalue weighted by Crippen LogP contribution is -2.53. The van der Waals surface area contributed by atoms with E-state index in [1.807, 2.05) is 72.6 Å². The minimum absolute atomic E-state index is 0.0139. The number of guanidine groups is 1. The predicted octanol–water partition coefficient (Wildman–Crippen LogP) is 3.69. The van der Waals surface area contributed by atoms with Gasteiger partial charge in [0.25, 0.3) is 0 Å². The molecule has 3 aromatic rings. The van der Waals surface area contributed by atoms with Crippen molar-refractivity contribution < 1.29 is 8.42 Å². The number of aromatic nitrogens is 2. The van der Waals surface area contributed by atoms with Crippen molar-refractivity contribution in [3.8, 4) is 6.19 Å². The summed E-state index contributed by atoms with van der Waals surface area (Å²) in [5.41, 5.74) is 3.00. The van der Waals surface area contributed by atoms with Crippen LogP contribution in [0.2, 0.25) is 5.15 Å². The first-order valence-electron chi connectivity index (χ1n) is 11.0. The van der Waals surface area contributed by atoms with Crippen LogP contribution in [0.4, 0.5) is 5.69 Å². The monoisotopic (exact) mass is 511 g/mol. The van der Waals surface area contributed by atoms with Gasteiger partial charge >= 0.3 is 0 Å². The van der Waals surface area contributed by atoms with E-state index in [1.54, 1.807) is 14.0 Å². The average molecular weight is 512 g/mol. The molecule has 1 aliphatic rings. The molecule has 0 aliphatic carbocycles. The Balaban J connectivity index is 1.72. The number of anilines is 1. The van der Waals surface area contributed by atoms with E-state index in [2.05, 4.69) is 15.4 Å². The maximum atomic E-state index is 13.8. The van der Waals surface area contributed by atoms with E-state index in [0.29, 0.717) is 24.7 Å². The smallest absolute Gasteiger partial charge is 0.248 e. The van der Waals surface area contributed by atoms with Crippen molar-refractivity contribution >= 4 is 33.3 Å². The molecule has 1 N–H and O–H groups in total. The minimum atomic E-state index is -3.96. The normalized spacial score (nSPS) is 17.3. The number of nitrogens with one attached hydrogen (secondary N) is 1. The highest BCUT2D eigenvalue weighted by Crippen LogP contribution is 2.35. The third-order valence-corrected chi connectivity index (χ3v) is 8.63. The van der Waals surface area contributed by atoms with Crippen LogP contribution in [0, 0.1) is 25.3 Å². The molecule has 0 saturated carbocycles. The summed E-state index contributed by atoms with van der Waals surface area (Å²) in [7, 11) is -2.35. The summed E-state index contributed by atoms with van der Waals surface area (Å²) in [5, 5.41) is 16.9. The second kappa shape index (κ2) is 10.1. The van der Waals surface area contributed by atoms with Crippen LogP contribution < -0.4 is 5.32 Å². The van der Waals surface area contributed by atoms with E-state index >= 15 is 0 Å². The van der Waals surface area contributed by atoms with Gasteiger partial charge in [-0.1, -0.05) is 60.1 Å². The molecule has 1 atom stereocenters. The topological polar surface area (TPSA) is 107 Å². The van der Waals surface area contributed by atoms with E-state index in [0.717, 1.165) is 16.8 Å². The molecule has 0 radical (unpaired) electrons. The SMILES string of the molecule is Cc1ccccc1N/C(=N/C#N)N1CCN(S(=O)(=O)c2c(C)nn(C)c2Cl)C(c2ccccc2)C1. The summed E-state index contributed by atoms with van der Waals surface area (Å²) in [4.78, 5) is 5.94. The van der Waals surface area contributed by atoms with Crippen LogP contribution in [0.15, 0.2) is 64.5 Å². The van der Waals surface area contributed by atoms with Crippen molar-refractivity contribution in [2.45, 2.75) is 24.8 Å². The van der Waals surface area contributed by atoms with Crippen molar-refractivity contribution in [1.29, 1.82) is 5.26 Å². The van der Waals surface area contributed by atoms with Gasteiger partial charge < -0.3 is 10.2 Å². The first-order chi connectivity index (χ1) is 16.7. The van der Waals surface area contributed by atoms with E-state index in [4.69, 9.17) is 11.6 Å². The van der Waals surface area contributed by atoms with Gasteiger partial charge in [0.15, 0.2) is 0 Å². The van der Waals surface area contributed by atoms with Crippen LogP contribution in [0.5, 0.6) is 0 Å². The number of sulfonamides is 1. The van der Waals surface area contributed by atoms with Gasteiger partial charge in [-0.15, -0.1) is 4.99 Å². The summed E-state index contributed by atoms with van der Waals surface area (Å²) in [5.74, 6) is 0.371. The molecule has 11 heteroatoms. The number of rotatable bonds is 4. The average Bonchev–Trinajstić information content (AvgIpc) is 3.11. The molecule has 0 spiro atoms. The summed E-state index contributed by atoms with van der Waals surface area (Å²) < 4.78 is 30.5. The summed E-state index contributed by atoms with van der Waals surface area (Å²) in [6.07, 6.45) is 1.87. The molecule has 35 heavy (non-hydrogen) atoms. The lowest BCUT2D eigenvalue weighted by molar-refractivity contribution is 0.194. The van der Waals surface area contributed by atoms with Crippen molar-refractivity contribution in [2.75, 3.05) is 25.0 Å². The van der Waals surface area contributed by atoms with Crippen LogP contribution in [0.25, 0.3) is 0 Å². The van der Waals surface area contributed by atoms with Crippen LogP contribution >= 0.6 is 11.6 Å². The van der Waals surface area contributed by atoms with Crippen LogP contribution in [-0.2, 0) is 17.1 Å². The largest absolute Gasteiger partial charge is 0.339 e. The quantitative estimate of drug-likeness (QED) is 0.325. The third-order valence-electron chi connectivity index (χ3n) is 6.03. The molecule has 1 aromatic heterocycles. The van der Waals surface area contributed by atoms with E-state index in [9.17, 15) is 13.7 Å². The number of halogens is 1. The Morgan fingerprint density at radius 3 is 2.46 bits per heavy atom. The molecule has 1 saturated heterocycles. The van der Waals surface area contributed by atoms with Gasteiger partial charge in [-0.3, -0.25) is 4.68 Å². The summed E-state index contributed by atoms with van der Waals surface area (Å²) in [6.45, 7) is 4.39. The van der Waals surface area contributed by atoms with Gasteiger partial charge in [-0.2, -0.15) is 14.7 Å². The fraction of sp³-hybridized carbons (Fsp3) is 0.292. The summed E-state index contributed by atoms with van der Waals surface area (Å²) in [6, 6.07) is 16.6. The molecular weight excluding hydrogens is 486 g/mol. The molecule has 1 fully saturated rings. The van der Waals surface area contributed by atoms with E-state index in [-0.39, 0.29) is 16.6 Å².